The van der Waals surface area contributed by atoms with Crippen molar-refractivity contribution in [1.82, 2.24) is 30.7 Å². The molecule has 0 bridgehead atoms. The van der Waals surface area contributed by atoms with Crippen molar-refractivity contribution < 1.29 is 200 Å². The van der Waals surface area contributed by atoms with Crippen LogP contribution in [-0.2, 0) is 130 Å². The summed E-state index contributed by atoms with van der Waals surface area (Å²) in [5, 5.41) is 127. The number of benzene rings is 3. The highest BCUT2D eigenvalue weighted by atomic mass is 16.7. The van der Waals surface area contributed by atoms with Gasteiger partial charge >= 0.3 is 35.8 Å². The van der Waals surface area contributed by atoms with E-state index in [4.69, 9.17) is 66.3 Å². The normalized spacial score (nSPS) is 22.8. The minimum atomic E-state index is -1.88. The smallest absolute Gasteiger partial charge is 0.335 e. The van der Waals surface area contributed by atoms with Crippen molar-refractivity contribution in [2.75, 3.05) is 85.5 Å². The zero-order valence-corrected chi connectivity index (χ0v) is 78.3. The van der Waals surface area contributed by atoms with Crippen LogP contribution < -0.4 is 44.4 Å². The average molecular weight is 1970 g/mol. The largest absolute Gasteiger partial charge is 0.493 e. The van der Waals surface area contributed by atoms with Gasteiger partial charge in [-0.05, 0) is 131 Å². The highest BCUT2D eigenvalue weighted by Gasteiger charge is 2.51. The first-order valence-corrected chi connectivity index (χ1v) is 44.7. The van der Waals surface area contributed by atoms with E-state index < -0.39 is 156 Å². The standard InChI is InChI=1S/C32H44N2O14.C31H42N2O13.C29H38N2O14/c1-32(2,3)31(43)46-18-19-8-9-20(47-30-27(40)25(38)26(39)28(48-30)29(41)42)17-21(19)45-16-15-44-14-12-33-22(35)7-5-4-6-13-34-23(36)10-11-24(34)37;1-31(2,3)30(42)44-17-18-9-10-19(45-29-26(39)24(37)25(38)27(46-29)28(40)41)16-20(18)43-15-7-13-32-21(34)8-5-4-6-14-33-22(35)11-12-23(33)36;1-29(2,3)28(40)43-15-16-4-5-17(44-27-24(37)22(35)23(36)25(45-27)26(38)39)14-18(16)42-13-12-41-11-9-30-19(32)8-10-31-20(33)6-7-21(31)34/h8-11,17,25-28,30,38-40H,4-7,12-16,18H2,1-3H3,(H,33,35)(H,41,42);9-12,16,24-27,29,37-39H,4-8,13-15,17H2,1-3H3,(H,32,34)(H,40,41);4-7,14,22-25,27,35-37H,8-13,15H2,1-3H3,(H,30,32)(H,38,39)/t25-,26-,27+,28-,30+;24-,25-,26+,27-,29+;22-,23-,24+,25-,27+/m000/s1. The molecule has 0 unspecified atom stereocenters. The van der Waals surface area contributed by atoms with Gasteiger partial charge in [0.15, 0.2) is 18.3 Å². The molecule has 139 heavy (non-hydrogen) atoms. The van der Waals surface area contributed by atoms with Crippen molar-refractivity contribution >= 4 is 89.0 Å². The monoisotopic (exact) mass is 1970 g/mol. The lowest BCUT2D eigenvalue weighted by Gasteiger charge is -2.38. The Morgan fingerprint density at radius 1 is 0.324 bits per heavy atom. The van der Waals surface area contributed by atoms with Gasteiger partial charge in [-0.15, -0.1) is 0 Å². The topological polar surface area (TPSA) is 674 Å². The number of nitrogens with zero attached hydrogens (tertiary/aromatic N) is 3. The summed E-state index contributed by atoms with van der Waals surface area (Å²) < 4.78 is 77.1. The zero-order valence-electron chi connectivity index (χ0n) is 78.3. The van der Waals surface area contributed by atoms with Gasteiger partial charge in [0, 0.05) is 130 Å². The van der Waals surface area contributed by atoms with Crippen LogP contribution in [0.25, 0.3) is 0 Å². The number of carbonyl (C=O) groups is 15. The molecule has 3 aromatic rings. The molecule has 9 rings (SSSR count). The molecular formula is C92H124N6O41. The van der Waals surface area contributed by atoms with Crippen LogP contribution in [0.4, 0.5) is 0 Å². The average Bonchev–Trinajstić information content (AvgIpc) is 1.64. The molecule has 9 amide bonds. The highest BCUT2D eigenvalue weighted by Crippen LogP contribution is 2.36. The minimum absolute atomic E-state index is 0.0123. The fraction of sp³-hybridized carbons (Fsp3) is 0.576. The van der Waals surface area contributed by atoms with Crippen molar-refractivity contribution in [1.29, 1.82) is 0 Å². The number of carboxylic acids is 3. The minimum Gasteiger partial charge on any atom is -0.493 e. The first-order chi connectivity index (χ1) is 65.6. The molecule has 15 atom stereocenters. The second kappa shape index (κ2) is 54.4. The van der Waals surface area contributed by atoms with E-state index in [9.17, 15) is 133 Å². The molecule has 3 aromatic carbocycles. The SMILES string of the molecule is CC(C)(C)C(=O)OCc1ccc(O[C@@H]2O[C@H](C(=O)O)[C@@H](O)[C@H](O)[C@H]2O)cc1OCCCNC(=O)CCCCCN1C(=O)C=CC1=O.CC(C)(C)C(=O)OCc1ccc(O[C@@H]2O[C@H](C(=O)O)[C@@H](O)[C@H](O)[C@H]2O)cc1OCCOCCNC(=O)CCCCCN1C(=O)C=CC1=O.CC(C)(C)C(=O)OCc1ccc(O[C@@H]2O[C@H](C(=O)O)[C@@H](O)[C@H](O)[C@H]2O)cc1OCCOCCNC(=O)CCN1C(=O)C=CC1=O. The fourth-order valence-electron chi connectivity index (χ4n) is 13.0. The van der Waals surface area contributed by atoms with E-state index in [-0.39, 0.29) is 174 Å². The molecule has 47 nitrogen and oxygen atoms in total. The van der Waals surface area contributed by atoms with Crippen molar-refractivity contribution in [2.45, 2.75) is 238 Å². The van der Waals surface area contributed by atoms with Crippen LogP contribution in [0.1, 0.15) is 143 Å². The fourth-order valence-corrected chi connectivity index (χ4v) is 13.0. The molecule has 3 fully saturated rings. The molecule has 47 heteroatoms. The Bertz CT molecular complexity index is 4770. The molecular weight excluding hydrogens is 1850 g/mol. The van der Waals surface area contributed by atoms with Gasteiger partial charge in [-0.25, -0.2) is 14.4 Å². The molecule has 0 radical (unpaired) electrons. The number of aliphatic hydroxyl groups is 9. The van der Waals surface area contributed by atoms with Crippen molar-refractivity contribution in [3.63, 3.8) is 0 Å². The third kappa shape index (κ3) is 35.9. The first kappa shape index (κ1) is 114. The molecule has 768 valence electrons. The van der Waals surface area contributed by atoms with Gasteiger partial charge in [-0.1, -0.05) is 12.8 Å². The maximum atomic E-state index is 12.3. The first-order valence-electron chi connectivity index (χ1n) is 44.7. The van der Waals surface area contributed by atoms with Gasteiger partial charge in [0.25, 0.3) is 35.4 Å². The molecule has 6 heterocycles. The molecule has 3 saturated heterocycles. The summed E-state index contributed by atoms with van der Waals surface area (Å²) in [4.78, 5) is 180. The number of esters is 3. The Morgan fingerprint density at radius 2 is 0.604 bits per heavy atom. The summed E-state index contributed by atoms with van der Waals surface area (Å²) in [6.45, 7) is 17.0. The number of aliphatic carboxylic acids is 3. The summed E-state index contributed by atoms with van der Waals surface area (Å²) in [6.07, 6.45) is -15.0. The number of nitrogens with one attached hydrogen (secondary N) is 3. The van der Waals surface area contributed by atoms with Crippen molar-refractivity contribution in [2.24, 2.45) is 16.2 Å². The number of carbonyl (C=O) groups excluding carboxylic acids is 12. The van der Waals surface area contributed by atoms with Crippen LogP contribution in [0.3, 0.4) is 0 Å². The lowest BCUT2D eigenvalue weighted by atomic mass is 9.97. The number of amides is 9. The lowest BCUT2D eigenvalue weighted by molar-refractivity contribution is -0.271. The van der Waals surface area contributed by atoms with E-state index in [2.05, 4.69) is 16.0 Å². The Kier molecular flexibility index (Phi) is 44.5. The Hall–Kier alpha value is -12.2. The van der Waals surface area contributed by atoms with Crippen LogP contribution in [0, 0.1) is 16.2 Å². The molecule has 0 spiro atoms. The van der Waals surface area contributed by atoms with Crippen molar-refractivity contribution in [3.8, 4) is 34.5 Å². The number of ether oxygens (including phenoxy) is 14. The molecule has 6 aliphatic rings. The van der Waals surface area contributed by atoms with Crippen LogP contribution in [0.15, 0.2) is 91.1 Å². The van der Waals surface area contributed by atoms with E-state index in [0.29, 0.717) is 87.7 Å². The quantitative estimate of drug-likeness (QED) is 0.0144. The number of aliphatic hydroxyl groups excluding tert-OH is 9. The van der Waals surface area contributed by atoms with Crippen LogP contribution in [-0.4, -0.2) is 343 Å². The summed E-state index contributed by atoms with van der Waals surface area (Å²) in [5.74, 6) is -8.05. The Morgan fingerprint density at radius 3 is 0.899 bits per heavy atom. The molecule has 0 saturated carbocycles. The second-order valence-electron chi connectivity index (χ2n) is 35.4. The predicted molar refractivity (Wildman–Crippen MR) is 473 cm³/mol. The van der Waals surface area contributed by atoms with Gasteiger partial charge in [0.1, 0.15) is 122 Å². The van der Waals surface area contributed by atoms with E-state index in [0.717, 1.165) is 17.1 Å². The van der Waals surface area contributed by atoms with Gasteiger partial charge in [-0.2, -0.15) is 0 Å². The van der Waals surface area contributed by atoms with Crippen LogP contribution in [0.2, 0.25) is 0 Å². The van der Waals surface area contributed by atoms with Gasteiger partial charge in [0.2, 0.25) is 36.6 Å². The summed E-state index contributed by atoms with van der Waals surface area (Å²) in [6, 6.07) is 13.1. The van der Waals surface area contributed by atoms with Gasteiger partial charge in [0.05, 0.1) is 49.3 Å². The van der Waals surface area contributed by atoms with E-state index in [1.165, 1.54) is 82.6 Å². The summed E-state index contributed by atoms with van der Waals surface area (Å²) >= 11 is 0. The third-order valence-electron chi connectivity index (χ3n) is 21.1. The molecule has 0 aliphatic carbocycles. The molecule has 15 N–H and O–H groups in total. The maximum Gasteiger partial charge on any atom is 0.335 e. The Balaban J connectivity index is 0.000000284. The van der Waals surface area contributed by atoms with Gasteiger partial charge < -0.3 is 144 Å². The number of hydrogen-bond donors (Lipinski definition) is 15. The number of imide groups is 3. The van der Waals surface area contributed by atoms with Crippen LogP contribution >= 0.6 is 0 Å². The Labute approximate surface area is 798 Å². The summed E-state index contributed by atoms with van der Waals surface area (Å²) in [5.41, 5.74) is -0.859. The second-order valence-corrected chi connectivity index (χ2v) is 35.4. The van der Waals surface area contributed by atoms with Gasteiger partial charge in [-0.3, -0.25) is 72.2 Å². The third-order valence-corrected chi connectivity index (χ3v) is 21.1. The van der Waals surface area contributed by atoms with Crippen LogP contribution in [0.5, 0.6) is 34.5 Å². The number of hydrogen-bond acceptors (Lipinski definition) is 38. The lowest BCUT2D eigenvalue weighted by Crippen LogP contribution is -2.61. The number of carboxylic acid groups (broad SMARTS) is 3. The molecule has 0 aromatic heterocycles. The van der Waals surface area contributed by atoms with E-state index >= 15 is 0 Å². The van der Waals surface area contributed by atoms with E-state index in [1.54, 1.807) is 68.4 Å². The summed E-state index contributed by atoms with van der Waals surface area (Å²) in [7, 11) is 0. The molecule has 6 aliphatic heterocycles. The predicted octanol–water partition coefficient (Wildman–Crippen LogP) is -0.665. The van der Waals surface area contributed by atoms with E-state index in [1.807, 2.05) is 0 Å². The number of rotatable bonds is 49. The van der Waals surface area contributed by atoms with Crippen molar-refractivity contribution in [3.05, 3.63) is 108 Å². The zero-order chi connectivity index (χ0) is 103. The number of unbranched alkanes of at least 4 members (excludes halogenated alkanes) is 4. The highest BCUT2D eigenvalue weighted by molar-refractivity contribution is 6.14. The maximum absolute atomic E-state index is 12.3.